The lowest BCUT2D eigenvalue weighted by atomic mass is 9.92. The molecule has 2 aliphatic rings. The summed E-state index contributed by atoms with van der Waals surface area (Å²) in [6.45, 7) is 2.45. The molecule has 2 fully saturated rings. The molecule has 2 aliphatic heterocycles. The fourth-order valence-electron chi connectivity index (χ4n) is 6.81. The normalized spacial score (nSPS) is 19.1. The fourth-order valence-corrected chi connectivity index (χ4v) is 7.87. The first-order valence-electron chi connectivity index (χ1n) is 18.7. The Hall–Kier alpha value is -5.30. The van der Waals surface area contributed by atoms with Crippen LogP contribution >= 0.6 is 46.4 Å². The van der Waals surface area contributed by atoms with Crippen LogP contribution in [0.2, 0.25) is 20.1 Å². The molecule has 2 heterocycles. The first-order valence-corrected chi connectivity index (χ1v) is 20.2. The van der Waals surface area contributed by atoms with Crippen LogP contribution in [-0.4, -0.2) is 49.2 Å². The smallest absolute Gasteiger partial charge is 0.434 e. The molecule has 67 heavy (non-hydrogen) atoms. The van der Waals surface area contributed by atoms with Crippen LogP contribution in [0.15, 0.2) is 72.8 Å². The van der Waals surface area contributed by atoms with Gasteiger partial charge in [-0.15, -0.1) is 0 Å². The predicted molar refractivity (Wildman–Crippen MR) is 218 cm³/mol. The lowest BCUT2D eigenvalue weighted by molar-refractivity contribution is -0.250. The lowest BCUT2D eigenvalue weighted by Gasteiger charge is -2.30. The van der Waals surface area contributed by atoms with Gasteiger partial charge in [0.05, 0.1) is 35.8 Å². The second kappa shape index (κ2) is 18.7. The molecule has 0 bridgehead atoms. The maximum absolute atomic E-state index is 14.2. The third kappa shape index (κ3) is 11.5. The minimum Gasteiger partial charge on any atom is -0.460 e. The highest BCUT2D eigenvalue weighted by Gasteiger charge is 2.66. The molecular formula is C42H29Cl4F12N3O6. The van der Waals surface area contributed by atoms with Gasteiger partial charge in [-0.05, 0) is 99.5 Å². The Morgan fingerprint density at radius 1 is 0.642 bits per heavy atom. The molecule has 6 rings (SSSR count). The summed E-state index contributed by atoms with van der Waals surface area (Å²) >= 11 is 23.2. The van der Waals surface area contributed by atoms with Crippen LogP contribution in [0, 0.1) is 11.3 Å². The van der Waals surface area contributed by atoms with Crippen molar-refractivity contribution < 1.29 is 81.3 Å². The maximum Gasteiger partial charge on any atom is 0.434 e. The van der Waals surface area contributed by atoms with E-state index in [-0.39, 0.29) is 38.5 Å². The molecule has 0 aliphatic carbocycles. The van der Waals surface area contributed by atoms with E-state index >= 15 is 0 Å². The number of rotatable bonds is 7. The van der Waals surface area contributed by atoms with E-state index in [1.807, 2.05) is 0 Å². The van der Waals surface area contributed by atoms with Gasteiger partial charge in [0.2, 0.25) is 0 Å². The van der Waals surface area contributed by atoms with Gasteiger partial charge in [-0.2, -0.15) is 57.9 Å². The Bertz CT molecular complexity index is 2590. The largest absolute Gasteiger partial charge is 0.460 e. The summed E-state index contributed by atoms with van der Waals surface area (Å²) in [5.41, 5.74) is -13.1. The molecule has 2 amide bonds. The summed E-state index contributed by atoms with van der Waals surface area (Å²) in [7, 11) is 0. The Kier molecular flexibility index (Phi) is 14.7. The van der Waals surface area contributed by atoms with E-state index in [9.17, 15) is 67.1 Å². The third-order valence-electron chi connectivity index (χ3n) is 9.77. The van der Waals surface area contributed by atoms with E-state index in [2.05, 4.69) is 4.74 Å². The average Bonchev–Trinajstić information content (AvgIpc) is 3.73. The van der Waals surface area contributed by atoms with Gasteiger partial charge in [-0.25, -0.2) is 9.59 Å². The quantitative estimate of drug-likeness (QED) is 0.103. The Morgan fingerprint density at radius 3 is 1.39 bits per heavy atom. The number of nitriles is 1. The van der Waals surface area contributed by atoms with Crippen molar-refractivity contribution in [3.8, 4) is 6.07 Å². The molecular weight excluding hydrogens is 1010 g/mol. The zero-order valence-corrected chi connectivity index (χ0v) is 37.1. The SMILES string of the molecule is CC(C)(C)OC(=O)CCc1ccc(N2CC(c3cc(Cl)cc(Cl)c3)(C(F)(F)F)OC2=O)cc1C(F)(F)F.N#Cc1ccc(N2CC(c3cc(Cl)cc(Cl)c3)(C(F)(F)F)OC2=O)cc1C(F)(F)F. The van der Waals surface area contributed by atoms with E-state index in [0.29, 0.717) is 21.9 Å². The van der Waals surface area contributed by atoms with Crippen LogP contribution in [-0.2, 0) is 49.0 Å². The number of carbonyl (C=O) groups excluding carboxylic acids is 3. The highest BCUT2D eigenvalue weighted by atomic mass is 35.5. The predicted octanol–water partition coefficient (Wildman–Crippen LogP) is 14.0. The average molecular weight is 1040 g/mol. The van der Waals surface area contributed by atoms with Crippen LogP contribution in [0.5, 0.6) is 0 Å². The second-order valence-corrected chi connectivity index (χ2v) is 17.4. The summed E-state index contributed by atoms with van der Waals surface area (Å²) in [4.78, 5) is 37.7. The number of anilines is 2. The number of esters is 1. The van der Waals surface area contributed by atoms with Crippen LogP contribution in [0.1, 0.15) is 60.6 Å². The van der Waals surface area contributed by atoms with Crippen molar-refractivity contribution in [1.29, 1.82) is 5.26 Å². The van der Waals surface area contributed by atoms with Gasteiger partial charge < -0.3 is 14.2 Å². The molecule has 9 nitrogen and oxygen atoms in total. The Labute approximate surface area is 391 Å². The maximum atomic E-state index is 14.2. The van der Waals surface area contributed by atoms with Gasteiger partial charge >= 0.3 is 42.9 Å². The van der Waals surface area contributed by atoms with Crippen molar-refractivity contribution in [2.24, 2.45) is 0 Å². The molecule has 360 valence electrons. The van der Waals surface area contributed by atoms with Gasteiger partial charge in [0.25, 0.3) is 11.2 Å². The molecule has 0 aromatic heterocycles. The van der Waals surface area contributed by atoms with Crippen LogP contribution in [0.3, 0.4) is 0 Å². The van der Waals surface area contributed by atoms with Gasteiger partial charge in [0.1, 0.15) is 5.60 Å². The van der Waals surface area contributed by atoms with E-state index in [1.54, 1.807) is 20.8 Å². The number of halogens is 16. The minimum absolute atomic E-state index is 0.158. The van der Waals surface area contributed by atoms with Crippen molar-refractivity contribution in [2.45, 2.75) is 75.1 Å². The minimum atomic E-state index is -5.16. The molecule has 0 saturated carbocycles. The van der Waals surface area contributed by atoms with Crippen molar-refractivity contribution >= 4 is 75.9 Å². The number of cyclic esters (lactones) is 2. The molecule has 2 atom stereocenters. The topological polar surface area (TPSA) is 109 Å². The highest BCUT2D eigenvalue weighted by molar-refractivity contribution is 6.35. The molecule has 4 aromatic carbocycles. The van der Waals surface area contributed by atoms with Gasteiger partial charge in [-0.3, -0.25) is 14.6 Å². The number of hydrogen-bond donors (Lipinski definition) is 0. The number of nitrogens with zero attached hydrogens (tertiary/aromatic N) is 3. The zero-order valence-electron chi connectivity index (χ0n) is 34.1. The second-order valence-electron chi connectivity index (χ2n) is 15.6. The standard InChI is InChI=1S/C24H21Cl2F6NO4.C18H8Cl2F6N2O2/c1-21(2,3)36-19(34)7-5-13-4-6-17(11-18(13)23(27,28)29)33-12-22(24(30,31)32,37-20(33)35)14-8-15(25)10-16(26)9-14;19-11-3-10(4-12(20)5-11)16(18(24,25)26)8-28(15(29)30-16)13-2-1-9(7-27)14(6-13)17(21,22)23/h4,6,8-11H,5,7,12H2,1-3H3;1-6H,8H2. The van der Waals surface area contributed by atoms with E-state index in [0.717, 1.165) is 48.5 Å². The molecule has 4 aromatic rings. The van der Waals surface area contributed by atoms with Gasteiger partial charge in [-0.1, -0.05) is 52.5 Å². The van der Waals surface area contributed by atoms with E-state index < -0.39 is 112 Å². The molecule has 2 unspecified atom stereocenters. The molecule has 25 heteroatoms. The number of carbonyl (C=O) groups is 3. The summed E-state index contributed by atoms with van der Waals surface area (Å²) in [5.74, 6) is -0.719. The summed E-state index contributed by atoms with van der Waals surface area (Å²) in [6.07, 6.45) is -23.9. The van der Waals surface area contributed by atoms with Crippen molar-refractivity contribution in [3.63, 3.8) is 0 Å². The number of alkyl halides is 12. The molecule has 0 spiro atoms. The van der Waals surface area contributed by atoms with Crippen LogP contribution in [0.4, 0.5) is 73.6 Å². The van der Waals surface area contributed by atoms with Gasteiger partial charge in [0.15, 0.2) is 0 Å². The van der Waals surface area contributed by atoms with Crippen molar-refractivity contribution in [1.82, 2.24) is 0 Å². The van der Waals surface area contributed by atoms with Crippen LogP contribution in [0.25, 0.3) is 0 Å². The van der Waals surface area contributed by atoms with Crippen molar-refractivity contribution in [2.75, 3.05) is 22.9 Å². The van der Waals surface area contributed by atoms with Crippen LogP contribution < -0.4 is 9.80 Å². The number of aryl methyl sites for hydroxylation is 1. The summed E-state index contributed by atoms with van der Waals surface area (Å²) in [6, 6.07) is 12.0. The molecule has 0 N–H and O–H groups in total. The third-order valence-corrected chi connectivity index (χ3v) is 10.6. The molecule has 0 radical (unpaired) electrons. The highest BCUT2D eigenvalue weighted by Crippen LogP contribution is 2.51. The number of benzene rings is 4. The summed E-state index contributed by atoms with van der Waals surface area (Å²) < 4.78 is 180. The number of ether oxygens (including phenoxy) is 3. The first kappa shape index (κ1) is 52.7. The number of hydrogen-bond acceptors (Lipinski definition) is 7. The monoisotopic (exact) mass is 1040 g/mol. The fraction of sp³-hybridized carbons (Fsp3) is 0.333. The molecule has 2 saturated heterocycles. The Morgan fingerprint density at radius 2 is 1.03 bits per heavy atom. The van der Waals surface area contributed by atoms with E-state index in [1.165, 1.54) is 18.2 Å². The number of amides is 2. The Balaban J connectivity index is 0.000000256. The van der Waals surface area contributed by atoms with E-state index in [4.69, 9.17) is 61.1 Å². The summed E-state index contributed by atoms with van der Waals surface area (Å²) in [5, 5.41) is 8.22. The van der Waals surface area contributed by atoms with Crippen molar-refractivity contribution in [3.05, 3.63) is 126 Å². The lowest BCUT2D eigenvalue weighted by Crippen LogP contribution is -2.46. The first-order chi connectivity index (χ1) is 30.6. The van der Waals surface area contributed by atoms with Gasteiger partial charge in [0, 0.05) is 49.0 Å². The zero-order chi connectivity index (χ0) is 50.5.